The van der Waals surface area contributed by atoms with Crippen molar-refractivity contribution in [2.45, 2.75) is 12.8 Å². The minimum Gasteiger partial charge on any atom is -0.502 e. The van der Waals surface area contributed by atoms with Crippen molar-refractivity contribution < 1.29 is 29.3 Å². The molecule has 0 heterocycles. The summed E-state index contributed by atoms with van der Waals surface area (Å²) in [7, 11) is 1.51. The second kappa shape index (κ2) is 10.3. The average Bonchev–Trinajstić information content (AvgIpc) is 2.73. The number of nitro groups is 2. The Hall–Kier alpha value is -4.55. The number of carbonyl (C=O) groups is 2. The van der Waals surface area contributed by atoms with Gasteiger partial charge in [-0.2, -0.15) is 5.10 Å². The molecular weight excluding hydrogens is 414 g/mol. The molecular formula is C18H17N5O8. The molecule has 0 radical (unpaired) electrons. The molecule has 0 aliphatic rings. The Bertz CT molecular complexity index is 1040. The number of anilines is 1. The third-order valence-electron chi connectivity index (χ3n) is 3.86. The summed E-state index contributed by atoms with van der Waals surface area (Å²) in [5, 5.41) is 37.7. The maximum atomic E-state index is 11.9. The Morgan fingerprint density at radius 1 is 1.10 bits per heavy atom. The molecule has 2 amide bonds. The number of ether oxygens (including phenoxy) is 1. The van der Waals surface area contributed by atoms with Crippen LogP contribution in [0.2, 0.25) is 0 Å². The fraction of sp³-hybridized carbons (Fsp3) is 0.167. The molecule has 13 heteroatoms. The summed E-state index contributed by atoms with van der Waals surface area (Å²) in [6.45, 7) is 0. The molecule has 31 heavy (non-hydrogen) atoms. The zero-order valence-electron chi connectivity index (χ0n) is 16.1. The van der Waals surface area contributed by atoms with E-state index in [2.05, 4.69) is 15.8 Å². The van der Waals surface area contributed by atoms with Crippen LogP contribution >= 0.6 is 0 Å². The Morgan fingerprint density at radius 3 is 2.32 bits per heavy atom. The van der Waals surface area contributed by atoms with Crippen LogP contribution in [0, 0.1) is 20.2 Å². The van der Waals surface area contributed by atoms with Crippen LogP contribution < -0.4 is 15.5 Å². The van der Waals surface area contributed by atoms with E-state index >= 15 is 0 Å². The van der Waals surface area contributed by atoms with Crippen molar-refractivity contribution in [1.29, 1.82) is 0 Å². The smallest absolute Gasteiger partial charge is 0.318 e. The molecule has 3 N–H and O–H groups in total. The number of phenols is 1. The predicted octanol–water partition coefficient (Wildman–Crippen LogP) is 2.09. The monoisotopic (exact) mass is 431 g/mol. The average molecular weight is 431 g/mol. The van der Waals surface area contributed by atoms with Crippen LogP contribution in [0.4, 0.5) is 17.1 Å². The van der Waals surface area contributed by atoms with Gasteiger partial charge in [0.05, 0.1) is 34.8 Å². The molecule has 0 aromatic heterocycles. The van der Waals surface area contributed by atoms with Crippen molar-refractivity contribution in [3.63, 3.8) is 0 Å². The maximum Gasteiger partial charge on any atom is 0.318 e. The van der Waals surface area contributed by atoms with E-state index in [1.54, 1.807) is 24.3 Å². The third kappa shape index (κ3) is 6.49. The van der Waals surface area contributed by atoms with Crippen LogP contribution in [0.1, 0.15) is 18.4 Å². The van der Waals surface area contributed by atoms with Gasteiger partial charge in [0.25, 0.3) is 5.69 Å². The van der Waals surface area contributed by atoms with E-state index in [4.69, 9.17) is 4.74 Å². The first-order chi connectivity index (χ1) is 14.7. The number of rotatable bonds is 9. The zero-order chi connectivity index (χ0) is 23.0. The van der Waals surface area contributed by atoms with E-state index in [0.717, 1.165) is 12.3 Å². The molecule has 0 aliphatic carbocycles. The lowest BCUT2D eigenvalue weighted by atomic mass is 10.1. The number of nitrogens with zero attached hydrogens (tertiary/aromatic N) is 3. The first kappa shape index (κ1) is 22.7. The van der Waals surface area contributed by atoms with Crippen molar-refractivity contribution >= 4 is 35.1 Å². The molecule has 2 rings (SSSR count). The summed E-state index contributed by atoms with van der Waals surface area (Å²) in [5.41, 5.74) is 0.749. The Labute approximate surface area is 174 Å². The third-order valence-corrected chi connectivity index (χ3v) is 3.86. The highest BCUT2D eigenvalue weighted by atomic mass is 16.6. The Balaban J connectivity index is 1.92. The van der Waals surface area contributed by atoms with E-state index in [0.29, 0.717) is 17.5 Å². The Kier molecular flexibility index (Phi) is 7.55. The molecule has 0 saturated carbocycles. The number of aromatic hydroxyl groups is 1. The van der Waals surface area contributed by atoms with Gasteiger partial charge in [-0.25, -0.2) is 5.43 Å². The highest BCUT2D eigenvalue weighted by Crippen LogP contribution is 2.33. The second-order valence-electron chi connectivity index (χ2n) is 5.99. The number of amides is 2. The quantitative estimate of drug-likeness (QED) is 0.306. The zero-order valence-corrected chi connectivity index (χ0v) is 16.1. The lowest BCUT2D eigenvalue weighted by Crippen LogP contribution is -2.20. The molecule has 0 spiro atoms. The van der Waals surface area contributed by atoms with Crippen molar-refractivity contribution in [3.05, 3.63) is 62.2 Å². The highest BCUT2D eigenvalue weighted by molar-refractivity contribution is 5.93. The number of nitro benzene ring substituents is 2. The molecule has 162 valence electrons. The molecule has 13 nitrogen and oxygen atoms in total. The Morgan fingerprint density at radius 2 is 1.74 bits per heavy atom. The summed E-state index contributed by atoms with van der Waals surface area (Å²) < 4.78 is 5.01. The van der Waals surface area contributed by atoms with Crippen LogP contribution in [-0.4, -0.2) is 40.1 Å². The van der Waals surface area contributed by atoms with Gasteiger partial charge in [-0.15, -0.1) is 0 Å². The van der Waals surface area contributed by atoms with Gasteiger partial charge >= 0.3 is 5.69 Å². The van der Waals surface area contributed by atoms with E-state index in [9.17, 15) is 34.9 Å². The van der Waals surface area contributed by atoms with Crippen molar-refractivity contribution in [2.75, 3.05) is 12.4 Å². The summed E-state index contributed by atoms with van der Waals surface area (Å²) in [5.74, 6) is -1.29. The summed E-state index contributed by atoms with van der Waals surface area (Å²) in [6, 6.07) is 8.04. The van der Waals surface area contributed by atoms with Gasteiger partial charge in [0.15, 0.2) is 0 Å². The fourth-order valence-electron chi connectivity index (χ4n) is 2.32. The summed E-state index contributed by atoms with van der Waals surface area (Å²) >= 11 is 0. The number of hydrazone groups is 1. The van der Waals surface area contributed by atoms with Gasteiger partial charge < -0.3 is 15.2 Å². The molecule has 0 atom stereocenters. The fourth-order valence-corrected chi connectivity index (χ4v) is 2.32. The van der Waals surface area contributed by atoms with E-state index in [1.807, 2.05) is 0 Å². The van der Waals surface area contributed by atoms with Crippen molar-refractivity contribution in [3.8, 4) is 11.5 Å². The molecule has 0 unspecified atom stereocenters. The number of non-ortho nitro benzene ring substituents is 1. The van der Waals surface area contributed by atoms with Crippen molar-refractivity contribution in [2.24, 2.45) is 5.10 Å². The van der Waals surface area contributed by atoms with E-state index in [-0.39, 0.29) is 18.4 Å². The molecule has 0 fully saturated rings. The number of carbonyl (C=O) groups excluding carboxylic acids is 2. The van der Waals surface area contributed by atoms with Crippen LogP contribution in [0.3, 0.4) is 0 Å². The molecule has 0 saturated heterocycles. The minimum atomic E-state index is -0.986. The highest BCUT2D eigenvalue weighted by Gasteiger charge is 2.23. The number of phenolic OH excluding ortho intramolecular Hbond substituents is 1. The SMILES string of the molecule is COc1ccc(NC(=O)CCC(=O)N/N=C/c2cc([N+](=O)[O-])cc([N+](=O)[O-])c2O)cc1. The van der Waals surface area contributed by atoms with E-state index < -0.39 is 38.8 Å². The molecule has 2 aromatic carbocycles. The van der Waals surface area contributed by atoms with Gasteiger partial charge in [-0.1, -0.05) is 0 Å². The number of hydrogen-bond acceptors (Lipinski definition) is 9. The summed E-state index contributed by atoms with van der Waals surface area (Å²) in [4.78, 5) is 43.6. The van der Waals surface area contributed by atoms with Crippen molar-refractivity contribution in [1.82, 2.24) is 5.43 Å². The van der Waals surface area contributed by atoms with Crippen LogP contribution in [0.25, 0.3) is 0 Å². The maximum absolute atomic E-state index is 11.9. The minimum absolute atomic E-state index is 0.152. The van der Waals surface area contributed by atoms with Crippen LogP contribution in [-0.2, 0) is 9.59 Å². The lowest BCUT2D eigenvalue weighted by molar-refractivity contribution is -0.394. The number of methoxy groups -OCH3 is 1. The number of hydrogen-bond donors (Lipinski definition) is 3. The molecule has 0 bridgehead atoms. The lowest BCUT2D eigenvalue weighted by Gasteiger charge is -2.06. The summed E-state index contributed by atoms with van der Waals surface area (Å²) in [6.07, 6.45) is 0.450. The first-order valence-electron chi connectivity index (χ1n) is 8.63. The predicted molar refractivity (Wildman–Crippen MR) is 108 cm³/mol. The standard InChI is InChI=1S/C18H17N5O8/c1-31-14-4-2-12(3-5-14)20-16(24)6-7-17(25)21-19-10-11-8-13(22(27)28)9-15(18(11)26)23(29)30/h2-5,8-10,26H,6-7H2,1H3,(H,20,24)(H,21,25)/b19-10+. The van der Waals surface area contributed by atoms with Gasteiger partial charge in [-0.3, -0.25) is 29.8 Å². The molecule has 0 aliphatic heterocycles. The first-order valence-corrected chi connectivity index (χ1v) is 8.63. The topological polar surface area (TPSA) is 186 Å². The van der Waals surface area contributed by atoms with Gasteiger partial charge in [-0.05, 0) is 24.3 Å². The number of benzene rings is 2. The largest absolute Gasteiger partial charge is 0.502 e. The normalized spacial score (nSPS) is 10.5. The van der Waals surface area contributed by atoms with Gasteiger partial charge in [0.2, 0.25) is 17.6 Å². The van der Waals surface area contributed by atoms with E-state index in [1.165, 1.54) is 7.11 Å². The van der Waals surface area contributed by atoms with Gasteiger partial charge in [0, 0.05) is 24.6 Å². The van der Waals surface area contributed by atoms with Gasteiger partial charge in [0.1, 0.15) is 5.75 Å². The van der Waals surface area contributed by atoms with Crippen LogP contribution in [0.5, 0.6) is 11.5 Å². The molecule has 2 aromatic rings. The second-order valence-corrected chi connectivity index (χ2v) is 5.99. The van der Waals surface area contributed by atoms with Crippen LogP contribution in [0.15, 0.2) is 41.5 Å². The number of nitrogens with one attached hydrogen (secondary N) is 2.